The van der Waals surface area contributed by atoms with Crippen LogP contribution in [-0.2, 0) is 6.42 Å². The Kier molecular flexibility index (Phi) is 5.10. The fourth-order valence-electron chi connectivity index (χ4n) is 1.37. The number of nitrogens with two attached hydrogens (primary N) is 1. The highest BCUT2D eigenvalue weighted by atomic mass is 32.1. The van der Waals surface area contributed by atoms with Gasteiger partial charge in [-0.25, -0.2) is 4.98 Å². The SMILES string of the molecule is CN(CCCCCc1c[nH]cn1)C(N)=S. The molecule has 0 amide bonds. The number of hydrogen-bond donors (Lipinski definition) is 2. The van der Waals surface area contributed by atoms with Gasteiger partial charge in [0.25, 0.3) is 0 Å². The summed E-state index contributed by atoms with van der Waals surface area (Å²) in [7, 11) is 1.93. The van der Waals surface area contributed by atoms with E-state index >= 15 is 0 Å². The summed E-state index contributed by atoms with van der Waals surface area (Å²) in [5.41, 5.74) is 6.61. The Morgan fingerprint density at radius 2 is 2.33 bits per heavy atom. The first-order valence-electron chi connectivity index (χ1n) is 5.18. The first-order valence-corrected chi connectivity index (χ1v) is 5.59. The van der Waals surface area contributed by atoms with Crippen LogP contribution in [0.4, 0.5) is 0 Å². The number of imidazole rings is 1. The van der Waals surface area contributed by atoms with E-state index in [2.05, 4.69) is 9.97 Å². The number of unbranched alkanes of at least 4 members (excludes halogenated alkanes) is 2. The molecule has 0 aliphatic rings. The molecule has 0 saturated heterocycles. The maximum Gasteiger partial charge on any atom is 0.166 e. The third kappa shape index (κ3) is 4.78. The van der Waals surface area contributed by atoms with Crippen molar-refractivity contribution in [2.45, 2.75) is 25.7 Å². The number of thiocarbonyl (C=S) groups is 1. The topological polar surface area (TPSA) is 57.9 Å². The molecule has 0 unspecified atom stereocenters. The fourth-order valence-corrected chi connectivity index (χ4v) is 1.46. The lowest BCUT2D eigenvalue weighted by Gasteiger charge is -2.15. The van der Waals surface area contributed by atoms with Gasteiger partial charge in [0.15, 0.2) is 5.11 Å². The van der Waals surface area contributed by atoms with E-state index in [0.717, 1.165) is 31.5 Å². The van der Waals surface area contributed by atoms with Gasteiger partial charge in [-0.15, -0.1) is 0 Å². The molecular formula is C10H18N4S. The van der Waals surface area contributed by atoms with Crippen molar-refractivity contribution in [3.8, 4) is 0 Å². The third-order valence-corrected chi connectivity index (χ3v) is 2.67. The lowest BCUT2D eigenvalue weighted by atomic mass is 10.1. The van der Waals surface area contributed by atoms with Gasteiger partial charge in [0.1, 0.15) is 0 Å². The Hall–Kier alpha value is -1.10. The second-order valence-electron chi connectivity index (χ2n) is 3.63. The van der Waals surface area contributed by atoms with Crippen LogP contribution in [-0.4, -0.2) is 33.6 Å². The second kappa shape index (κ2) is 6.40. The largest absolute Gasteiger partial charge is 0.376 e. The molecule has 1 heterocycles. The van der Waals surface area contributed by atoms with Gasteiger partial charge in [-0.2, -0.15) is 0 Å². The number of aryl methyl sites for hydroxylation is 1. The summed E-state index contributed by atoms with van der Waals surface area (Å²) in [6.07, 6.45) is 8.17. The maximum absolute atomic E-state index is 5.47. The van der Waals surface area contributed by atoms with Gasteiger partial charge in [-0.1, -0.05) is 6.42 Å². The van der Waals surface area contributed by atoms with E-state index in [1.165, 1.54) is 6.42 Å². The molecule has 0 spiro atoms. The predicted octanol–water partition coefficient (Wildman–Crippen LogP) is 1.30. The molecule has 0 aliphatic heterocycles. The quantitative estimate of drug-likeness (QED) is 0.567. The highest BCUT2D eigenvalue weighted by Gasteiger charge is 1.99. The molecule has 84 valence electrons. The van der Waals surface area contributed by atoms with Crippen LogP contribution in [0.5, 0.6) is 0 Å². The molecule has 0 saturated carbocycles. The summed E-state index contributed by atoms with van der Waals surface area (Å²) in [5.74, 6) is 0. The second-order valence-corrected chi connectivity index (χ2v) is 4.05. The maximum atomic E-state index is 5.47. The fraction of sp³-hybridized carbons (Fsp3) is 0.600. The van der Waals surface area contributed by atoms with Crippen LogP contribution in [0.2, 0.25) is 0 Å². The highest BCUT2D eigenvalue weighted by Crippen LogP contribution is 2.03. The van der Waals surface area contributed by atoms with Gasteiger partial charge in [-0.05, 0) is 31.5 Å². The Morgan fingerprint density at radius 1 is 1.53 bits per heavy atom. The molecular weight excluding hydrogens is 208 g/mol. The summed E-state index contributed by atoms with van der Waals surface area (Å²) in [6, 6.07) is 0. The molecule has 1 aromatic rings. The monoisotopic (exact) mass is 226 g/mol. The summed E-state index contributed by atoms with van der Waals surface area (Å²) in [6.45, 7) is 0.940. The van der Waals surface area contributed by atoms with Crippen molar-refractivity contribution in [1.82, 2.24) is 14.9 Å². The first-order chi connectivity index (χ1) is 7.20. The lowest BCUT2D eigenvalue weighted by Crippen LogP contribution is -2.32. The molecule has 0 aliphatic carbocycles. The zero-order valence-electron chi connectivity index (χ0n) is 9.07. The predicted molar refractivity (Wildman–Crippen MR) is 65.6 cm³/mol. The van der Waals surface area contributed by atoms with Crippen LogP contribution >= 0.6 is 12.2 Å². The summed E-state index contributed by atoms with van der Waals surface area (Å²) < 4.78 is 0. The number of rotatable bonds is 6. The third-order valence-electron chi connectivity index (χ3n) is 2.36. The molecule has 0 radical (unpaired) electrons. The van der Waals surface area contributed by atoms with Crippen LogP contribution in [0, 0.1) is 0 Å². The zero-order chi connectivity index (χ0) is 11.1. The van der Waals surface area contributed by atoms with Crippen molar-refractivity contribution >= 4 is 17.3 Å². The number of aromatic nitrogens is 2. The Balaban J connectivity index is 2.00. The molecule has 0 fully saturated rings. The van der Waals surface area contributed by atoms with Crippen molar-refractivity contribution in [3.05, 3.63) is 18.2 Å². The number of H-pyrrole nitrogens is 1. The number of nitrogens with one attached hydrogen (secondary N) is 1. The van der Waals surface area contributed by atoms with Gasteiger partial charge in [0, 0.05) is 19.8 Å². The number of nitrogens with zero attached hydrogens (tertiary/aromatic N) is 2. The van der Waals surface area contributed by atoms with Crippen molar-refractivity contribution < 1.29 is 0 Å². The van der Waals surface area contributed by atoms with Crippen LogP contribution < -0.4 is 5.73 Å². The van der Waals surface area contributed by atoms with Gasteiger partial charge in [-0.3, -0.25) is 0 Å². The van der Waals surface area contributed by atoms with Crippen molar-refractivity contribution in [1.29, 1.82) is 0 Å². The smallest absolute Gasteiger partial charge is 0.166 e. The molecule has 1 aromatic heterocycles. The molecule has 0 aromatic carbocycles. The summed E-state index contributed by atoms with van der Waals surface area (Å²) in [4.78, 5) is 9.03. The first kappa shape index (κ1) is 12.0. The van der Waals surface area contributed by atoms with Crippen LogP contribution in [0.25, 0.3) is 0 Å². The van der Waals surface area contributed by atoms with Crippen molar-refractivity contribution in [2.24, 2.45) is 5.73 Å². The molecule has 0 bridgehead atoms. The normalized spacial score (nSPS) is 10.2. The van der Waals surface area contributed by atoms with E-state index in [1.807, 2.05) is 18.1 Å². The van der Waals surface area contributed by atoms with E-state index < -0.39 is 0 Å². The molecule has 15 heavy (non-hydrogen) atoms. The number of aromatic amines is 1. The Bertz CT molecular complexity index is 284. The van der Waals surface area contributed by atoms with Crippen LogP contribution in [0.1, 0.15) is 25.0 Å². The van der Waals surface area contributed by atoms with Gasteiger partial charge in [0.05, 0.1) is 12.0 Å². The minimum atomic E-state index is 0.474. The van der Waals surface area contributed by atoms with Gasteiger partial charge < -0.3 is 15.6 Å². The van der Waals surface area contributed by atoms with Gasteiger partial charge >= 0.3 is 0 Å². The van der Waals surface area contributed by atoms with Crippen molar-refractivity contribution in [2.75, 3.05) is 13.6 Å². The average molecular weight is 226 g/mol. The van der Waals surface area contributed by atoms with Crippen LogP contribution in [0.3, 0.4) is 0 Å². The van der Waals surface area contributed by atoms with E-state index in [1.54, 1.807) is 6.33 Å². The van der Waals surface area contributed by atoms with E-state index in [4.69, 9.17) is 18.0 Å². The lowest BCUT2D eigenvalue weighted by molar-refractivity contribution is 0.474. The molecule has 0 atom stereocenters. The Labute approximate surface area is 95.9 Å². The molecule has 5 heteroatoms. The van der Waals surface area contributed by atoms with Crippen molar-refractivity contribution in [3.63, 3.8) is 0 Å². The average Bonchev–Trinajstić information content (AvgIpc) is 2.69. The minimum Gasteiger partial charge on any atom is -0.376 e. The van der Waals surface area contributed by atoms with E-state index in [0.29, 0.717) is 5.11 Å². The van der Waals surface area contributed by atoms with Gasteiger partial charge in [0.2, 0.25) is 0 Å². The minimum absolute atomic E-state index is 0.474. The number of hydrogen-bond acceptors (Lipinski definition) is 2. The highest BCUT2D eigenvalue weighted by molar-refractivity contribution is 7.80. The summed E-state index contributed by atoms with van der Waals surface area (Å²) in [5, 5.41) is 0.474. The standard InChI is InChI=1S/C10H18N4S/c1-14(10(11)15)6-4-2-3-5-9-7-12-8-13-9/h7-8H,2-6H2,1H3,(H2,11,15)(H,12,13). The van der Waals surface area contributed by atoms with E-state index in [-0.39, 0.29) is 0 Å². The van der Waals surface area contributed by atoms with E-state index in [9.17, 15) is 0 Å². The Morgan fingerprint density at radius 3 is 2.93 bits per heavy atom. The van der Waals surface area contributed by atoms with Crippen LogP contribution in [0.15, 0.2) is 12.5 Å². The summed E-state index contributed by atoms with van der Waals surface area (Å²) >= 11 is 4.85. The molecule has 1 rings (SSSR count). The molecule has 4 nitrogen and oxygen atoms in total. The zero-order valence-corrected chi connectivity index (χ0v) is 9.89. The molecule has 3 N–H and O–H groups in total.